The van der Waals surface area contributed by atoms with Crippen molar-refractivity contribution >= 4 is 27.3 Å². The summed E-state index contributed by atoms with van der Waals surface area (Å²) in [6, 6.07) is 11.6. The molecule has 0 atom stereocenters. The third-order valence-corrected chi connectivity index (χ3v) is 6.70. The average molecular weight is 387 g/mol. The maximum Gasteiger partial charge on any atom is 0.235 e. The molecule has 1 N–H and O–H groups in total. The number of nitrogens with one attached hydrogen (secondary N) is 1. The molecule has 0 unspecified atom stereocenters. The van der Waals surface area contributed by atoms with Crippen molar-refractivity contribution < 1.29 is 13.2 Å². The lowest BCUT2D eigenvalue weighted by molar-refractivity contribution is -0.115. The Hall–Kier alpha value is -2.34. The number of carbonyl (C=O) groups excluding carboxylic acids is 1. The third-order valence-electron chi connectivity index (χ3n) is 4.93. The van der Waals surface area contributed by atoms with Crippen molar-refractivity contribution in [2.45, 2.75) is 40.0 Å². The zero-order valence-corrected chi connectivity index (χ0v) is 16.9. The molecule has 3 rings (SSSR count). The van der Waals surface area contributed by atoms with Crippen molar-refractivity contribution in [1.29, 1.82) is 0 Å². The van der Waals surface area contributed by atoms with E-state index in [9.17, 15) is 13.2 Å². The molecule has 2 aromatic carbocycles. The summed E-state index contributed by atoms with van der Waals surface area (Å²) in [5.41, 5.74) is 5.65. The van der Waals surface area contributed by atoms with Gasteiger partial charge in [0.05, 0.1) is 11.4 Å². The normalized spacial score (nSPS) is 14.0. The second-order valence-corrected chi connectivity index (χ2v) is 9.21. The van der Waals surface area contributed by atoms with E-state index >= 15 is 0 Å². The van der Waals surface area contributed by atoms with E-state index in [0.29, 0.717) is 6.54 Å². The Morgan fingerprint density at radius 1 is 1.11 bits per heavy atom. The van der Waals surface area contributed by atoms with E-state index in [1.807, 2.05) is 57.2 Å². The second-order valence-electron chi connectivity index (χ2n) is 7.19. The van der Waals surface area contributed by atoms with Crippen LogP contribution >= 0.6 is 0 Å². The molecule has 0 saturated heterocycles. The molecule has 1 aliphatic rings. The maximum atomic E-state index is 12.8. The van der Waals surface area contributed by atoms with Gasteiger partial charge in [-0.1, -0.05) is 35.9 Å². The minimum absolute atomic E-state index is 0.0617. The number of hydrogen-bond donors (Lipinski definition) is 1. The molecule has 1 amide bonds. The van der Waals surface area contributed by atoms with Crippen LogP contribution in [-0.2, 0) is 21.2 Å². The summed E-state index contributed by atoms with van der Waals surface area (Å²) in [4.78, 5) is 12.4. The predicted octanol–water partition coefficient (Wildman–Crippen LogP) is 3.72. The van der Waals surface area contributed by atoms with Crippen molar-refractivity contribution in [3.8, 4) is 0 Å². The number of hydrogen-bond acceptors (Lipinski definition) is 3. The lowest BCUT2D eigenvalue weighted by atomic mass is 10.0. The van der Waals surface area contributed by atoms with Gasteiger partial charge in [0.15, 0.2) is 0 Å². The molecule has 27 heavy (non-hydrogen) atoms. The molecule has 2 aromatic rings. The summed E-state index contributed by atoms with van der Waals surface area (Å²) in [6.07, 6.45) is 1.62. The summed E-state index contributed by atoms with van der Waals surface area (Å²) in [6.45, 7) is 6.36. The van der Waals surface area contributed by atoms with Crippen LogP contribution in [0.5, 0.6) is 0 Å². The Morgan fingerprint density at radius 2 is 1.78 bits per heavy atom. The highest BCUT2D eigenvalue weighted by Gasteiger charge is 2.27. The molecule has 1 heterocycles. The number of carbonyl (C=O) groups is 1. The van der Waals surface area contributed by atoms with Gasteiger partial charge in [-0.3, -0.25) is 9.10 Å². The number of rotatable bonds is 5. The van der Waals surface area contributed by atoms with Crippen molar-refractivity contribution in [2.75, 3.05) is 21.9 Å². The smallest absolute Gasteiger partial charge is 0.235 e. The first-order valence-corrected chi connectivity index (χ1v) is 10.8. The number of aryl methyl sites for hydroxylation is 4. The molecule has 0 aliphatic carbocycles. The van der Waals surface area contributed by atoms with Gasteiger partial charge in [-0.25, -0.2) is 8.42 Å². The van der Waals surface area contributed by atoms with Gasteiger partial charge >= 0.3 is 0 Å². The molecular formula is C21H26N2O3S. The molecule has 0 fully saturated rings. The number of fused-ring (bicyclic) bond motifs is 1. The summed E-state index contributed by atoms with van der Waals surface area (Å²) in [5.74, 6) is -0.476. The molecule has 0 aromatic heterocycles. The van der Waals surface area contributed by atoms with E-state index in [0.717, 1.165) is 46.5 Å². The van der Waals surface area contributed by atoms with E-state index < -0.39 is 10.0 Å². The number of amides is 1. The van der Waals surface area contributed by atoms with E-state index in [4.69, 9.17) is 0 Å². The van der Waals surface area contributed by atoms with E-state index in [2.05, 4.69) is 5.32 Å². The SMILES string of the molecule is Cc1cc(C)c(NC(=O)CCS(=O)(=O)N2CCCc3ccccc32)c(C)c1. The maximum absolute atomic E-state index is 12.8. The Morgan fingerprint density at radius 3 is 2.48 bits per heavy atom. The van der Waals surface area contributed by atoms with Crippen LogP contribution in [0.2, 0.25) is 0 Å². The number of para-hydroxylation sites is 1. The summed E-state index contributed by atoms with van der Waals surface area (Å²) < 4.78 is 27.1. The molecule has 0 radical (unpaired) electrons. The van der Waals surface area contributed by atoms with Gasteiger partial charge in [0, 0.05) is 18.7 Å². The topological polar surface area (TPSA) is 66.5 Å². The zero-order valence-electron chi connectivity index (χ0n) is 16.1. The van der Waals surface area contributed by atoms with Crippen LogP contribution in [0.3, 0.4) is 0 Å². The van der Waals surface area contributed by atoms with Gasteiger partial charge in [0.2, 0.25) is 15.9 Å². The highest BCUT2D eigenvalue weighted by Crippen LogP contribution is 2.29. The third kappa shape index (κ3) is 4.33. The van der Waals surface area contributed by atoms with E-state index in [-0.39, 0.29) is 18.1 Å². The van der Waals surface area contributed by atoms with Crippen LogP contribution in [0, 0.1) is 20.8 Å². The van der Waals surface area contributed by atoms with Crippen molar-refractivity contribution in [1.82, 2.24) is 0 Å². The highest BCUT2D eigenvalue weighted by atomic mass is 32.2. The molecule has 1 aliphatic heterocycles. The monoisotopic (exact) mass is 386 g/mol. The molecule has 5 nitrogen and oxygen atoms in total. The van der Waals surface area contributed by atoms with Crippen LogP contribution in [0.4, 0.5) is 11.4 Å². The van der Waals surface area contributed by atoms with Crippen molar-refractivity contribution in [3.05, 3.63) is 58.7 Å². The van der Waals surface area contributed by atoms with Crippen LogP contribution in [0.15, 0.2) is 36.4 Å². The summed E-state index contributed by atoms with van der Waals surface area (Å²) in [7, 11) is -3.54. The van der Waals surface area contributed by atoms with Crippen molar-refractivity contribution in [3.63, 3.8) is 0 Å². The molecule has 0 spiro atoms. The average Bonchev–Trinajstić information content (AvgIpc) is 2.62. The van der Waals surface area contributed by atoms with Crippen LogP contribution in [0.1, 0.15) is 35.1 Å². The summed E-state index contributed by atoms with van der Waals surface area (Å²) in [5, 5.41) is 2.88. The van der Waals surface area contributed by atoms with Gasteiger partial charge < -0.3 is 5.32 Å². The van der Waals surface area contributed by atoms with Crippen LogP contribution < -0.4 is 9.62 Å². The van der Waals surface area contributed by atoms with Crippen LogP contribution in [0.25, 0.3) is 0 Å². The van der Waals surface area contributed by atoms with Gasteiger partial charge in [-0.05, 0) is 56.4 Å². The minimum Gasteiger partial charge on any atom is -0.326 e. The van der Waals surface area contributed by atoms with Crippen molar-refractivity contribution in [2.24, 2.45) is 0 Å². The van der Waals surface area contributed by atoms with Gasteiger partial charge in [-0.2, -0.15) is 0 Å². The van der Waals surface area contributed by atoms with E-state index in [1.165, 1.54) is 4.31 Å². The Labute approximate surface area is 161 Å². The zero-order chi connectivity index (χ0) is 19.6. The lowest BCUT2D eigenvalue weighted by Gasteiger charge is -2.30. The Kier molecular flexibility index (Phi) is 5.56. The number of benzene rings is 2. The fraction of sp³-hybridized carbons (Fsp3) is 0.381. The number of nitrogens with zero attached hydrogens (tertiary/aromatic N) is 1. The first kappa shape index (κ1) is 19.4. The first-order chi connectivity index (χ1) is 12.8. The number of anilines is 2. The molecule has 6 heteroatoms. The Bertz CT molecular complexity index is 944. The first-order valence-electron chi connectivity index (χ1n) is 9.24. The fourth-order valence-corrected chi connectivity index (χ4v) is 5.25. The quantitative estimate of drug-likeness (QED) is 0.852. The predicted molar refractivity (Wildman–Crippen MR) is 110 cm³/mol. The van der Waals surface area contributed by atoms with Gasteiger partial charge in [0.25, 0.3) is 0 Å². The molecule has 0 bridgehead atoms. The fourth-order valence-electron chi connectivity index (χ4n) is 3.70. The molecule has 0 saturated carbocycles. The van der Waals surface area contributed by atoms with Crippen LogP contribution in [-0.4, -0.2) is 26.6 Å². The summed E-state index contributed by atoms with van der Waals surface area (Å²) >= 11 is 0. The highest BCUT2D eigenvalue weighted by molar-refractivity contribution is 7.92. The standard InChI is InChI=1S/C21H26N2O3S/c1-15-13-16(2)21(17(3)14-15)22-20(24)10-12-27(25,26)23-11-6-8-18-7-4-5-9-19(18)23/h4-5,7,9,13-14H,6,8,10-12H2,1-3H3,(H,22,24). The lowest BCUT2D eigenvalue weighted by Crippen LogP contribution is -2.37. The Balaban J connectivity index is 1.69. The van der Waals surface area contributed by atoms with Gasteiger partial charge in [0.1, 0.15) is 0 Å². The molecule has 144 valence electrons. The number of sulfonamides is 1. The minimum atomic E-state index is -3.54. The largest absolute Gasteiger partial charge is 0.326 e. The molecular weight excluding hydrogens is 360 g/mol. The van der Waals surface area contributed by atoms with Gasteiger partial charge in [-0.15, -0.1) is 0 Å². The second kappa shape index (κ2) is 7.72. The van der Waals surface area contributed by atoms with E-state index in [1.54, 1.807) is 0 Å².